The molecule has 1 amide bonds. The van der Waals surface area contributed by atoms with Gasteiger partial charge in [0.15, 0.2) is 5.69 Å². The van der Waals surface area contributed by atoms with E-state index in [1.165, 1.54) is 0 Å². The van der Waals surface area contributed by atoms with E-state index in [9.17, 15) is 14.4 Å². The summed E-state index contributed by atoms with van der Waals surface area (Å²) in [5.41, 5.74) is 1.99. The Balaban J connectivity index is 1.57. The maximum absolute atomic E-state index is 13.7. The molecule has 0 bridgehead atoms. The Hall–Kier alpha value is -4.14. The number of aromatic nitrogens is 3. The maximum Gasteiger partial charge on any atom is 0.300 e. The first-order chi connectivity index (χ1) is 17.0. The predicted molar refractivity (Wildman–Crippen MR) is 136 cm³/mol. The van der Waals surface area contributed by atoms with E-state index in [-0.39, 0.29) is 33.2 Å². The quantitative estimate of drug-likeness (QED) is 0.381. The van der Waals surface area contributed by atoms with Gasteiger partial charge in [0.25, 0.3) is 11.5 Å². The number of thiazole rings is 1. The smallest absolute Gasteiger partial charge is 0.300 e. The number of para-hydroxylation sites is 1. The SMILES string of the molecule is O=C1C(=c2sc3nc(=O)c(-c4ccccc4)nn3c2=O)c2ccccc2N1Cc1ccccc1Cl. The molecule has 0 aliphatic carbocycles. The van der Waals surface area contributed by atoms with E-state index in [0.29, 0.717) is 21.8 Å². The number of amides is 1. The fourth-order valence-corrected chi connectivity index (χ4v) is 5.38. The van der Waals surface area contributed by atoms with Crippen LogP contribution in [0.2, 0.25) is 5.02 Å². The second-order valence-corrected chi connectivity index (χ2v) is 9.32. The van der Waals surface area contributed by atoms with Gasteiger partial charge < -0.3 is 4.90 Å². The summed E-state index contributed by atoms with van der Waals surface area (Å²) in [7, 11) is 0. The number of carbonyl (C=O) groups is 1. The standard InChI is InChI=1S/C26H15ClN4O3S/c27-18-12-6-4-10-16(18)14-30-19-13-7-5-11-17(19)20(24(30)33)22-25(34)31-26(35-22)28-23(32)21(29-31)15-8-2-1-3-9-15/h1-13H,14H2. The van der Waals surface area contributed by atoms with Crippen LogP contribution in [0.1, 0.15) is 11.1 Å². The molecule has 0 fully saturated rings. The summed E-state index contributed by atoms with van der Waals surface area (Å²) in [5, 5.41) is 4.85. The van der Waals surface area contributed by atoms with Crippen molar-refractivity contribution in [1.82, 2.24) is 14.6 Å². The van der Waals surface area contributed by atoms with Crippen molar-refractivity contribution in [3.05, 3.63) is 120 Å². The first-order valence-corrected chi connectivity index (χ1v) is 11.9. The fraction of sp³-hybridized carbons (Fsp3) is 0.0385. The summed E-state index contributed by atoms with van der Waals surface area (Å²) in [6.45, 7) is 0.255. The van der Waals surface area contributed by atoms with Gasteiger partial charge in [0, 0.05) is 16.1 Å². The minimum atomic E-state index is -0.535. The molecule has 6 rings (SSSR count). The highest BCUT2D eigenvalue weighted by Crippen LogP contribution is 2.36. The summed E-state index contributed by atoms with van der Waals surface area (Å²) < 4.78 is 1.29. The van der Waals surface area contributed by atoms with Crippen molar-refractivity contribution in [2.24, 2.45) is 0 Å². The lowest BCUT2D eigenvalue weighted by Crippen LogP contribution is -2.33. The molecule has 3 aromatic carbocycles. The lowest BCUT2D eigenvalue weighted by molar-refractivity contribution is -0.113. The van der Waals surface area contributed by atoms with E-state index in [2.05, 4.69) is 10.1 Å². The number of anilines is 1. The van der Waals surface area contributed by atoms with Crippen LogP contribution in [0, 0.1) is 0 Å². The van der Waals surface area contributed by atoms with E-state index in [4.69, 9.17) is 11.6 Å². The highest BCUT2D eigenvalue weighted by atomic mass is 35.5. The van der Waals surface area contributed by atoms with Crippen LogP contribution >= 0.6 is 22.9 Å². The van der Waals surface area contributed by atoms with Gasteiger partial charge in [0.1, 0.15) is 4.53 Å². The molecule has 0 saturated carbocycles. The van der Waals surface area contributed by atoms with Gasteiger partial charge in [-0.3, -0.25) is 14.4 Å². The number of hydrogen-bond donors (Lipinski definition) is 0. The summed E-state index contributed by atoms with van der Waals surface area (Å²) in [4.78, 5) is 45.6. The van der Waals surface area contributed by atoms with E-state index < -0.39 is 11.1 Å². The number of benzene rings is 3. The third-order valence-corrected chi connectivity index (χ3v) is 7.24. The highest BCUT2D eigenvalue weighted by molar-refractivity contribution is 7.15. The van der Waals surface area contributed by atoms with E-state index in [0.717, 1.165) is 21.4 Å². The van der Waals surface area contributed by atoms with Crippen molar-refractivity contribution < 1.29 is 4.79 Å². The van der Waals surface area contributed by atoms with Crippen LogP contribution in [0.3, 0.4) is 0 Å². The zero-order chi connectivity index (χ0) is 24.1. The van der Waals surface area contributed by atoms with Gasteiger partial charge in [-0.25, -0.2) is 0 Å². The van der Waals surface area contributed by atoms with Crippen LogP contribution in [0.4, 0.5) is 5.69 Å². The molecule has 3 heterocycles. The summed E-state index contributed by atoms with van der Waals surface area (Å²) in [6.07, 6.45) is 0. The average Bonchev–Trinajstić information content (AvgIpc) is 3.33. The number of rotatable bonds is 3. The number of halogens is 1. The third-order valence-electron chi connectivity index (χ3n) is 5.84. The van der Waals surface area contributed by atoms with Gasteiger partial charge in [-0.2, -0.15) is 14.6 Å². The van der Waals surface area contributed by atoms with Crippen molar-refractivity contribution >= 4 is 45.1 Å². The summed E-state index contributed by atoms with van der Waals surface area (Å²) in [5.74, 6) is -0.319. The Bertz CT molecular complexity index is 1810. The Morgan fingerprint density at radius 2 is 1.57 bits per heavy atom. The first kappa shape index (κ1) is 21.4. The lowest BCUT2D eigenvalue weighted by Gasteiger charge is -2.17. The largest absolute Gasteiger partial charge is 0.303 e. The molecular formula is C26H15ClN4O3S. The highest BCUT2D eigenvalue weighted by Gasteiger charge is 2.34. The molecule has 0 saturated heterocycles. The molecule has 1 aliphatic rings. The monoisotopic (exact) mass is 498 g/mol. The van der Waals surface area contributed by atoms with Crippen LogP contribution in [0.5, 0.6) is 0 Å². The molecule has 1 aliphatic heterocycles. The van der Waals surface area contributed by atoms with E-state index >= 15 is 0 Å². The zero-order valence-electron chi connectivity index (χ0n) is 18.0. The Morgan fingerprint density at radius 3 is 2.37 bits per heavy atom. The predicted octanol–water partition coefficient (Wildman–Crippen LogP) is 3.30. The van der Waals surface area contributed by atoms with Crippen molar-refractivity contribution in [2.45, 2.75) is 6.54 Å². The van der Waals surface area contributed by atoms with Gasteiger partial charge in [-0.15, -0.1) is 0 Å². The van der Waals surface area contributed by atoms with Crippen LogP contribution in [0.15, 0.2) is 88.5 Å². The van der Waals surface area contributed by atoms with Gasteiger partial charge >= 0.3 is 5.56 Å². The lowest BCUT2D eigenvalue weighted by atomic mass is 10.1. The third kappa shape index (κ3) is 3.46. The van der Waals surface area contributed by atoms with Gasteiger partial charge in [-0.05, 0) is 17.7 Å². The van der Waals surface area contributed by atoms with E-state index in [1.807, 2.05) is 42.5 Å². The van der Waals surface area contributed by atoms with Crippen molar-refractivity contribution in [3.8, 4) is 11.3 Å². The number of hydrogen-bond acceptors (Lipinski definition) is 6. The van der Waals surface area contributed by atoms with E-state index in [1.54, 1.807) is 41.3 Å². The summed E-state index contributed by atoms with van der Waals surface area (Å²) in [6, 6.07) is 23.5. The fourth-order valence-electron chi connectivity index (χ4n) is 4.19. The zero-order valence-corrected chi connectivity index (χ0v) is 19.6. The Morgan fingerprint density at radius 1 is 0.857 bits per heavy atom. The molecule has 0 radical (unpaired) electrons. The second-order valence-electron chi connectivity index (χ2n) is 7.94. The maximum atomic E-state index is 13.7. The minimum absolute atomic E-state index is 0.0769. The minimum Gasteiger partial charge on any atom is -0.303 e. The van der Waals surface area contributed by atoms with Crippen molar-refractivity contribution in [2.75, 3.05) is 4.90 Å². The molecule has 170 valence electrons. The van der Waals surface area contributed by atoms with Crippen molar-refractivity contribution in [1.29, 1.82) is 0 Å². The number of nitrogens with zero attached hydrogens (tertiary/aromatic N) is 4. The second kappa shape index (κ2) is 8.26. The number of fused-ring (bicyclic) bond motifs is 2. The molecule has 0 atom stereocenters. The van der Waals surface area contributed by atoms with Crippen LogP contribution in [0.25, 0.3) is 21.8 Å². The molecule has 2 aromatic heterocycles. The Labute approximate surface area is 207 Å². The molecule has 9 heteroatoms. The van der Waals surface area contributed by atoms with Gasteiger partial charge in [0.05, 0.1) is 17.8 Å². The van der Waals surface area contributed by atoms with Crippen LogP contribution < -0.4 is 20.6 Å². The molecular weight excluding hydrogens is 484 g/mol. The Kier molecular flexibility index (Phi) is 5.05. The molecule has 7 nitrogen and oxygen atoms in total. The van der Waals surface area contributed by atoms with Crippen LogP contribution in [-0.4, -0.2) is 20.5 Å². The average molecular weight is 499 g/mol. The molecule has 0 spiro atoms. The normalized spacial score (nSPS) is 14.5. The van der Waals surface area contributed by atoms with Crippen molar-refractivity contribution in [3.63, 3.8) is 0 Å². The summed E-state index contributed by atoms with van der Waals surface area (Å²) >= 11 is 7.33. The molecule has 0 unspecified atom stereocenters. The molecule has 35 heavy (non-hydrogen) atoms. The molecule has 5 aromatic rings. The van der Waals surface area contributed by atoms with Gasteiger partial charge in [0.2, 0.25) is 4.96 Å². The first-order valence-electron chi connectivity index (χ1n) is 10.7. The van der Waals surface area contributed by atoms with Crippen LogP contribution in [-0.2, 0) is 11.3 Å². The molecule has 0 N–H and O–H groups in total. The number of carbonyl (C=O) groups excluding carboxylic acids is 1. The van der Waals surface area contributed by atoms with Gasteiger partial charge in [-0.1, -0.05) is 89.7 Å². The topological polar surface area (TPSA) is 84.6 Å².